The maximum atomic E-state index is 9.76. The Hall–Kier alpha value is -3.10. The van der Waals surface area contributed by atoms with Gasteiger partial charge in [0.15, 0.2) is 0 Å². The molecule has 2 aromatic carbocycles. The number of nitrogens with zero attached hydrogens (tertiary/aromatic N) is 6. The van der Waals surface area contributed by atoms with Gasteiger partial charge in [-0.2, -0.15) is 0 Å². The molecule has 0 bridgehead atoms. The minimum atomic E-state index is 0.350. The van der Waals surface area contributed by atoms with Crippen LogP contribution in [0.1, 0.15) is 11.1 Å². The molecule has 2 aliphatic rings. The van der Waals surface area contributed by atoms with Crippen LogP contribution in [0.4, 0.5) is 0 Å². The number of hydrogen-bond donors (Lipinski definition) is 2. The van der Waals surface area contributed by atoms with Crippen LogP contribution in [0.25, 0.3) is 0 Å². The van der Waals surface area contributed by atoms with Gasteiger partial charge in [-0.3, -0.25) is 9.80 Å². The van der Waals surface area contributed by atoms with Crippen LogP contribution in [0.15, 0.2) is 71.0 Å². The summed E-state index contributed by atoms with van der Waals surface area (Å²) in [7, 11) is 0. The maximum absolute atomic E-state index is 9.76. The van der Waals surface area contributed by atoms with E-state index in [9.17, 15) is 10.4 Å². The lowest BCUT2D eigenvalue weighted by Gasteiger charge is -2.39. The summed E-state index contributed by atoms with van der Waals surface area (Å²) in [5, 5.41) is 26.6. The molecule has 8 nitrogen and oxygen atoms in total. The van der Waals surface area contributed by atoms with Crippen molar-refractivity contribution < 1.29 is 10.4 Å². The first-order chi connectivity index (χ1) is 15.8. The zero-order valence-corrected chi connectivity index (χ0v) is 18.4. The molecular formula is C24H32N6O2. The summed E-state index contributed by atoms with van der Waals surface area (Å²) in [4.78, 5) is 8.79. The summed E-state index contributed by atoms with van der Waals surface area (Å²) >= 11 is 0. The number of piperazine rings is 2. The quantitative estimate of drug-likeness (QED) is 0.331. The van der Waals surface area contributed by atoms with Gasteiger partial charge in [-0.05, 0) is 11.1 Å². The standard InChI is InChI=1S/C24H32N6O2/c31-25-23(29-15-11-27(12-16-29)19-21-7-3-1-4-8-21)24(26-32)30-17-13-28(14-18-30)20-22-9-5-2-6-10-22/h1-10,31-32H,11-20H2/b25-23-,26-24-. The Balaban J connectivity index is 1.29. The van der Waals surface area contributed by atoms with Gasteiger partial charge in [-0.15, -0.1) is 0 Å². The first kappa shape index (κ1) is 22.1. The Morgan fingerprint density at radius 3 is 1.22 bits per heavy atom. The van der Waals surface area contributed by atoms with Gasteiger partial charge >= 0.3 is 0 Å². The van der Waals surface area contributed by atoms with E-state index in [0.717, 1.165) is 65.4 Å². The number of hydrogen-bond acceptors (Lipinski definition) is 6. The van der Waals surface area contributed by atoms with E-state index in [-0.39, 0.29) is 0 Å². The summed E-state index contributed by atoms with van der Waals surface area (Å²) in [6.07, 6.45) is 0. The third-order valence-electron chi connectivity index (χ3n) is 6.23. The summed E-state index contributed by atoms with van der Waals surface area (Å²) in [6, 6.07) is 20.9. The fraction of sp³-hybridized carbons (Fsp3) is 0.417. The Bertz CT molecular complexity index is 814. The fourth-order valence-electron chi connectivity index (χ4n) is 4.42. The first-order valence-corrected chi connectivity index (χ1v) is 11.2. The minimum absolute atomic E-state index is 0.350. The van der Waals surface area contributed by atoms with Gasteiger partial charge in [0, 0.05) is 65.4 Å². The highest BCUT2D eigenvalue weighted by atomic mass is 16.4. The molecular weight excluding hydrogens is 404 g/mol. The molecule has 2 saturated heterocycles. The highest BCUT2D eigenvalue weighted by Crippen LogP contribution is 2.13. The molecule has 0 saturated carbocycles. The van der Waals surface area contributed by atoms with Crippen LogP contribution in [0.3, 0.4) is 0 Å². The molecule has 2 heterocycles. The van der Waals surface area contributed by atoms with Crippen LogP contribution in [-0.2, 0) is 13.1 Å². The minimum Gasteiger partial charge on any atom is -0.409 e. The second-order valence-corrected chi connectivity index (χ2v) is 8.34. The fourth-order valence-corrected chi connectivity index (χ4v) is 4.42. The van der Waals surface area contributed by atoms with Crippen molar-refractivity contribution in [3.8, 4) is 0 Å². The maximum Gasteiger partial charge on any atom is 0.214 e. The van der Waals surface area contributed by atoms with E-state index < -0.39 is 0 Å². The van der Waals surface area contributed by atoms with Crippen molar-refractivity contribution in [1.29, 1.82) is 0 Å². The monoisotopic (exact) mass is 436 g/mol. The Morgan fingerprint density at radius 1 is 0.562 bits per heavy atom. The molecule has 2 aliphatic heterocycles. The SMILES string of the molecule is O/N=C(/C(=N/O)N1CCN(Cc2ccccc2)CC1)N1CCN(Cc2ccccc2)CC1. The lowest BCUT2D eigenvalue weighted by Crippen LogP contribution is -2.56. The third-order valence-corrected chi connectivity index (χ3v) is 6.23. The van der Waals surface area contributed by atoms with Crippen LogP contribution in [0, 0.1) is 0 Å². The van der Waals surface area contributed by atoms with E-state index in [0.29, 0.717) is 11.7 Å². The molecule has 2 N–H and O–H groups in total. The van der Waals surface area contributed by atoms with Crippen LogP contribution < -0.4 is 0 Å². The van der Waals surface area contributed by atoms with Crippen LogP contribution in [-0.4, -0.2) is 94.0 Å². The normalized spacial score (nSPS) is 19.4. The summed E-state index contributed by atoms with van der Waals surface area (Å²) < 4.78 is 0. The molecule has 2 fully saturated rings. The van der Waals surface area contributed by atoms with E-state index in [1.807, 2.05) is 21.9 Å². The Labute approximate surface area is 189 Å². The topological polar surface area (TPSA) is 78.1 Å². The molecule has 0 radical (unpaired) electrons. The van der Waals surface area contributed by atoms with Crippen molar-refractivity contribution in [3.05, 3.63) is 71.8 Å². The molecule has 0 aromatic heterocycles. The second kappa shape index (κ2) is 11.0. The highest BCUT2D eigenvalue weighted by molar-refractivity contribution is 6.39. The van der Waals surface area contributed by atoms with Crippen LogP contribution >= 0.6 is 0 Å². The third kappa shape index (κ3) is 5.57. The molecule has 0 aliphatic carbocycles. The van der Waals surface area contributed by atoms with E-state index >= 15 is 0 Å². The van der Waals surface area contributed by atoms with Crippen LogP contribution in [0.5, 0.6) is 0 Å². The van der Waals surface area contributed by atoms with E-state index in [1.54, 1.807) is 0 Å². The van der Waals surface area contributed by atoms with Crippen molar-refractivity contribution in [2.45, 2.75) is 13.1 Å². The Kier molecular flexibility index (Phi) is 7.58. The molecule has 0 atom stereocenters. The van der Waals surface area contributed by atoms with Crippen LogP contribution in [0.2, 0.25) is 0 Å². The van der Waals surface area contributed by atoms with Gasteiger partial charge in [-0.25, -0.2) is 0 Å². The van der Waals surface area contributed by atoms with E-state index in [1.165, 1.54) is 11.1 Å². The molecule has 8 heteroatoms. The molecule has 170 valence electrons. The predicted molar refractivity (Wildman–Crippen MR) is 125 cm³/mol. The zero-order chi connectivity index (χ0) is 22.2. The van der Waals surface area contributed by atoms with Gasteiger partial charge in [0.2, 0.25) is 11.7 Å². The summed E-state index contributed by atoms with van der Waals surface area (Å²) in [5.74, 6) is 0.701. The average Bonchev–Trinajstić information content (AvgIpc) is 2.85. The van der Waals surface area contributed by atoms with Crippen molar-refractivity contribution >= 4 is 11.7 Å². The smallest absolute Gasteiger partial charge is 0.214 e. The molecule has 2 aromatic rings. The molecule has 0 amide bonds. The van der Waals surface area contributed by atoms with Gasteiger partial charge < -0.3 is 20.2 Å². The zero-order valence-electron chi connectivity index (χ0n) is 18.4. The second-order valence-electron chi connectivity index (χ2n) is 8.34. The lowest BCUT2D eigenvalue weighted by atomic mass is 10.2. The van der Waals surface area contributed by atoms with Crippen molar-refractivity contribution in [1.82, 2.24) is 19.6 Å². The van der Waals surface area contributed by atoms with Crippen molar-refractivity contribution in [2.75, 3.05) is 52.4 Å². The molecule has 0 unspecified atom stereocenters. The van der Waals surface area contributed by atoms with E-state index in [2.05, 4.69) is 68.6 Å². The van der Waals surface area contributed by atoms with Gasteiger partial charge in [-0.1, -0.05) is 71.0 Å². The number of oxime groups is 2. The van der Waals surface area contributed by atoms with Gasteiger partial charge in [0.05, 0.1) is 0 Å². The number of benzene rings is 2. The predicted octanol–water partition coefficient (Wildman–Crippen LogP) is 2.20. The van der Waals surface area contributed by atoms with Crippen molar-refractivity contribution in [2.24, 2.45) is 10.3 Å². The molecule has 4 rings (SSSR count). The van der Waals surface area contributed by atoms with Crippen molar-refractivity contribution in [3.63, 3.8) is 0 Å². The van der Waals surface area contributed by atoms with Gasteiger partial charge in [0.1, 0.15) is 0 Å². The number of rotatable bonds is 4. The first-order valence-electron chi connectivity index (χ1n) is 11.2. The number of amidine groups is 2. The van der Waals surface area contributed by atoms with E-state index in [4.69, 9.17) is 0 Å². The molecule has 0 spiro atoms. The Morgan fingerprint density at radius 2 is 0.906 bits per heavy atom. The average molecular weight is 437 g/mol. The highest BCUT2D eigenvalue weighted by Gasteiger charge is 2.29. The lowest BCUT2D eigenvalue weighted by molar-refractivity contribution is 0.162. The summed E-state index contributed by atoms with van der Waals surface area (Å²) in [6.45, 7) is 8.13. The summed E-state index contributed by atoms with van der Waals surface area (Å²) in [5.41, 5.74) is 2.59. The largest absolute Gasteiger partial charge is 0.409 e. The van der Waals surface area contributed by atoms with Gasteiger partial charge in [0.25, 0.3) is 0 Å². The molecule has 32 heavy (non-hydrogen) atoms.